The maximum absolute atomic E-state index is 12.3. The second-order valence-electron chi connectivity index (χ2n) is 4.35. The number of anilines is 1. The lowest BCUT2D eigenvalue weighted by atomic mass is 9.67. The largest absolute Gasteiger partial charge is 0.409 e. The van der Waals surface area contributed by atoms with Gasteiger partial charge in [0.05, 0.1) is 5.69 Å². The van der Waals surface area contributed by atoms with Crippen LogP contribution in [-0.2, 0) is 4.79 Å². The van der Waals surface area contributed by atoms with Gasteiger partial charge in [-0.3, -0.25) is 4.79 Å². The van der Waals surface area contributed by atoms with Crippen LogP contribution in [0.25, 0.3) is 0 Å². The summed E-state index contributed by atoms with van der Waals surface area (Å²) in [5.41, 5.74) is 5.46. The first-order chi connectivity index (χ1) is 8.60. The van der Waals surface area contributed by atoms with Gasteiger partial charge in [0.1, 0.15) is 5.41 Å². The molecule has 4 N–H and O–H groups in total. The third-order valence-corrected chi connectivity index (χ3v) is 4.05. The number of carbonyl (C=O) groups excluding carboxylic acids is 1. The molecule has 1 amide bonds. The Bertz CT molecular complexity index is 498. The molecule has 5 nitrogen and oxygen atoms in total. The molecule has 96 valence electrons. The molecule has 6 heteroatoms. The molecule has 0 saturated heterocycles. The van der Waals surface area contributed by atoms with Gasteiger partial charge in [-0.05, 0) is 40.9 Å². The average molecular weight is 312 g/mol. The smallest absolute Gasteiger partial charge is 0.238 e. The molecular weight excluding hydrogens is 298 g/mol. The molecule has 0 aromatic heterocycles. The minimum atomic E-state index is -0.857. The fourth-order valence-electron chi connectivity index (χ4n) is 2.03. The van der Waals surface area contributed by atoms with Crippen LogP contribution in [0.4, 0.5) is 5.69 Å². The van der Waals surface area contributed by atoms with Gasteiger partial charge in [-0.1, -0.05) is 23.7 Å². The number of benzene rings is 1. The third kappa shape index (κ3) is 2.08. The number of amidine groups is 1. The van der Waals surface area contributed by atoms with Gasteiger partial charge in [-0.2, -0.15) is 0 Å². The Morgan fingerprint density at radius 2 is 2.11 bits per heavy atom. The number of rotatable bonds is 3. The third-order valence-electron chi connectivity index (χ3n) is 3.36. The minimum Gasteiger partial charge on any atom is -0.409 e. The summed E-state index contributed by atoms with van der Waals surface area (Å²) < 4.78 is 0.798. The molecule has 18 heavy (non-hydrogen) atoms. The number of hydrogen-bond acceptors (Lipinski definition) is 3. The summed E-state index contributed by atoms with van der Waals surface area (Å²) in [6, 6.07) is 7.33. The van der Waals surface area contributed by atoms with Crippen molar-refractivity contribution in [3.63, 3.8) is 0 Å². The lowest BCUT2D eigenvalue weighted by Crippen LogP contribution is -2.51. The second kappa shape index (κ2) is 4.97. The maximum Gasteiger partial charge on any atom is 0.238 e. The van der Waals surface area contributed by atoms with Crippen molar-refractivity contribution in [1.82, 2.24) is 0 Å². The molecule has 0 bridgehead atoms. The van der Waals surface area contributed by atoms with Crippen molar-refractivity contribution in [3.8, 4) is 0 Å². The van der Waals surface area contributed by atoms with Gasteiger partial charge in [0, 0.05) is 4.47 Å². The van der Waals surface area contributed by atoms with Gasteiger partial charge in [0.15, 0.2) is 5.84 Å². The predicted molar refractivity (Wildman–Crippen MR) is 72.5 cm³/mol. The zero-order valence-electron chi connectivity index (χ0n) is 9.69. The Hall–Kier alpha value is -1.56. The maximum atomic E-state index is 12.3. The van der Waals surface area contributed by atoms with Crippen LogP contribution in [0.2, 0.25) is 0 Å². The standard InChI is InChI=1S/C12H14BrN3O2/c13-8-4-1-2-5-9(8)15-11(17)12(6-3-7-12)10(14)16-18/h1-2,4-5,18H,3,6-7H2,(H2,14,16)(H,15,17). The lowest BCUT2D eigenvalue weighted by molar-refractivity contribution is -0.125. The highest BCUT2D eigenvalue weighted by Gasteiger charge is 2.48. The van der Waals surface area contributed by atoms with E-state index in [2.05, 4.69) is 26.4 Å². The summed E-state index contributed by atoms with van der Waals surface area (Å²) in [4.78, 5) is 12.3. The molecule has 0 unspecified atom stereocenters. The first-order valence-corrected chi connectivity index (χ1v) is 6.43. The SMILES string of the molecule is N/C(=N/O)C1(C(=O)Nc2ccccc2Br)CCC1. The van der Waals surface area contributed by atoms with Gasteiger partial charge >= 0.3 is 0 Å². The number of hydrogen-bond donors (Lipinski definition) is 3. The average Bonchev–Trinajstić information content (AvgIpc) is 2.30. The van der Waals surface area contributed by atoms with E-state index in [0.29, 0.717) is 18.5 Å². The summed E-state index contributed by atoms with van der Waals surface area (Å²) in [5, 5.41) is 14.6. The number of nitrogens with zero attached hydrogens (tertiary/aromatic N) is 1. The number of carbonyl (C=O) groups is 1. The summed E-state index contributed by atoms with van der Waals surface area (Å²) >= 11 is 3.36. The van der Waals surface area contributed by atoms with Crippen molar-refractivity contribution in [3.05, 3.63) is 28.7 Å². The van der Waals surface area contributed by atoms with Crippen molar-refractivity contribution in [2.45, 2.75) is 19.3 Å². The zero-order chi connectivity index (χ0) is 13.2. The Morgan fingerprint density at radius 1 is 1.44 bits per heavy atom. The minimum absolute atomic E-state index is 0.0155. The van der Waals surface area contributed by atoms with Gasteiger partial charge in [0.2, 0.25) is 5.91 Å². The Balaban J connectivity index is 2.20. The van der Waals surface area contributed by atoms with Crippen molar-refractivity contribution >= 4 is 33.4 Å². The number of oxime groups is 1. The molecule has 0 aliphatic heterocycles. The fourth-order valence-corrected chi connectivity index (χ4v) is 2.41. The van der Waals surface area contributed by atoms with Crippen LogP contribution in [0.3, 0.4) is 0 Å². The summed E-state index contributed by atoms with van der Waals surface area (Å²) in [6.07, 6.45) is 2.12. The molecule has 1 saturated carbocycles. The quantitative estimate of drug-likeness (QED) is 0.346. The predicted octanol–water partition coefficient (Wildman–Crippen LogP) is 2.30. The van der Waals surface area contributed by atoms with Crippen LogP contribution in [0.15, 0.2) is 33.9 Å². The van der Waals surface area contributed by atoms with E-state index >= 15 is 0 Å². The number of halogens is 1. The van der Waals surface area contributed by atoms with E-state index in [1.54, 1.807) is 6.07 Å². The van der Waals surface area contributed by atoms with E-state index in [1.165, 1.54) is 0 Å². The van der Waals surface area contributed by atoms with Crippen LogP contribution in [-0.4, -0.2) is 17.0 Å². The van der Waals surface area contributed by atoms with Crippen LogP contribution < -0.4 is 11.1 Å². The van der Waals surface area contributed by atoms with Gasteiger partial charge in [0.25, 0.3) is 0 Å². The molecule has 1 fully saturated rings. The fraction of sp³-hybridized carbons (Fsp3) is 0.333. The summed E-state index contributed by atoms with van der Waals surface area (Å²) in [5.74, 6) is -0.241. The molecule has 1 aliphatic rings. The Morgan fingerprint density at radius 3 is 2.61 bits per heavy atom. The first kappa shape index (κ1) is 12.9. The Labute approximate surface area is 113 Å². The summed E-state index contributed by atoms with van der Waals surface area (Å²) in [7, 11) is 0. The molecule has 1 aromatic carbocycles. The van der Waals surface area contributed by atoms with Crippen molar-refractivity contribution < 1.29 is 10.0 Å². The molecular formula is C12H14BrN3O2. The number of nitrogens with one attached hydrogen (secondary N) is 1. The molecule has 0 spiro atoms. The number of nitrogens with two attached hydrogens (primary N) is 1. The monoisotopic (exact) mass is 311 g/mol. The topological polar surface area (TPSA) is 87.7 Å². The van der Waals surface area contributed by atoms with E-state index < -0.39 is 5.41 Å². The molecule has 0 heterocycles. The zero-order valence-corrected chi connectivity index (χ0v) is 11.3. The van der Waals surface area contributed by atoms with E-state index in [1.807, 2.05) is 18.2 Å². The number of para-hydroxylation sites is 1. The van der Waals surface area contributed by atoms with E-state index in [4.69, 9.17) is 10.9 Å². The Kier molecular flexibility index (Phi) is 3.56. The molecule has 0 radical (unpaired) electrons. The highest BCUT2D eigenvalue weighted by molar-refractivity contribution is 9.10. The van der Waals surface area contributed by atoms with Crippen LogP contribution in [0, 0.1) is 5.41 Å². The number of amides is 1. The highest BCUT2D eigenvalue weighted by atomic mass is 79.9. The summed E-state index contributed by atoms with van der Waals surface area (Å²) in [6.45, 7) is 0. The molecule has 1 aromatic rings. The normalized spacial score (nSPS) is 17.9. The van der Waals surface area contributed by atoms with Crippen LogP contribution in [0.1, 0.15) is 19.3 Å². The van der Waals surface area contributed by atoms with Crippen molar-refractivity contribution in [2.24, 2.45) is 16.3 Å². The van der Waals surface area contributed by atoms with E-state index in [0.717, 1.165) is 10.9 Å². The first-order valence-electron chi connectivity index (χ1n) is 5.64. The van der Waals surface area contributed by atoms with Crippen LogP contribution >= 0.6 is 15.9 Å². The van der Waals surface area contributed by atoms with Crippen LogP contribution in [0.5, 0.6) is 0 Å². The molecule has 2 rings (SSSR count). The van der Waals surface area contributed by atoms with Gasteiger partial charge in [-0.25, -0.2) is 0 Å². The van der Waals surface area contributed by atoms with Gasteiger partial charge < -0.3 is 16.3 Å². The second-order valence-corrected chi connectivity index (χ2v) is 5.21. The van der Waals surface area contributed by atoms with E-state index in [9.17, 15) is 4.79 Å². The molecule has 1 aliphatic carbocycles. The molecule has 0 atom stereocenters. The van der Waals surface area contributed by atoms with Gasteiger partial charge in [-0.15, -0.1) is 0 Å². The van der Waals surface area contributed by atoms with Crippen molar-refractivity contribution in [2.75, 3.05) is 5.32 Å². The van der Waals surface area contributed by atoms with Crippen molar-refractivity contribution in [1.29, 1.82) is 0 Å². The lowest BCUT2D eigenvalue weighted by Gasteiger charge is -2.38. The highest BCUT2D eigenvalue weighted by Crippen LogP contribution is 2.42. The van der Waals surface area contributed by atoms with E-state index in [-0.39, 0.29) is 11.7 Å².